The highest BCUT2D eigenvalue weighted by Crippen LogP contribution is 2.63. The van der Waals surface area contributed by atoms with Crippen molar-refractivity contribution < 1.29 is 0 Å². The van der Waals surface area contributed by atoms with Crippen LogP contribution in [0.4, 0.5) is 0 Å². The average molecular weight is 576 g/mol. The summed E-state index contributed by atoms with van der Waals surface area (Å²) < 4.78 is 0. The lowest BCUT2D eigenvalue weighted by atomic mass is 9.70. The number of fused-ring (bicyclic) bond motifs is 10. The van der Waals surface area contributed by atoms with E-state index in [1.807, 2.05) is 18.2 Å². The molecule has 0 bridgehead atoms. The van der Waals surface area contributed by atoms with Crippen LogP contribution in [0.25, 0.3) is 50.2 Å². The maximum absolute atomic E-state index is 9.18. The van der Waals surface area contributed by atoms with Crippen LogP contribution in [-0.2, 0) is 5.41 Å². The van der Waals surface area contributed by atoms with E-state index in [-0.39, 0.29) is 6.42 Å². The zero-order valence-electron chi connectivity index (χ0n) is 24.6. The first kappa shape index (κ1) is 26.6. The number of nitrogens with two attached hydrogens (primary N) is 1. The van der Waals surface area contributed by atoms with Gasteiger partial charge in [0.25, 0.3) is 0 Å². The Morgan fingerprint density at radius 1 is 0.622 bits per heavy atom. The molecule has 0 aliphatic heterocycles. The molecule has 3 nitrogen and oxygen atoms in total. The van der Waals surface area contributed by atoms with Crippen LogP contribution in [0, 0.1) is 11.3 Å². The Labute approximate surface area is 263 Å². The van der Waals surface area contributed by atoms with Gasteiger partial charge in [-0.1, -0.05) is 115 Å². The summed E-state index contributed by atoms with van der Waals surface area (Å²) in [5.41, 5.74) is 21.5. The van der Waals surface area contributed by atoms with Crippen LogP contribution >= 0.6 is 0 Å². The van der Waals surface area contributed by atoms with Gasteiger partial charge >= 0.3 is 0 Å². The van der Waals surface area contributed by atoms with E-state index in [1.54, 1.807) is 6.08 Å². The minimum Gasteiger partial charge on any atom is -0.405 e. The summed E-state index contributed by atoms with van der Waals surface area (Å²) in [6, 6.07) is 50.4. The Bertz CT molecular complexity index is 2170. The molecule has 8 rings (SSSR count). The number of aromatic nitrogens is 1. The predicted octanol–water partition coefficient (Wildman–Crippen LogP) is 9.53. The van der Waals surface area contributed by atoms with Gasteiger partial charge in [-0.3, -0.25) is 0 Å². The van der Waals surface area contributed by atoms with Crippen LogP contribution < -0.4 is 5.73 Å². The molecule has 0 fully saturated rings. The summed E-state index contributed by atoms with van der Waals surface area (Å²) >= 11 is 0. The van der Waals surface area contributed by atoms with Crippen molar-refractivity contribution in [1.82, 2.24) is 4.98 Å². The Morgan fingerprint density at radius 3 is 1.89 bits per heavy atom. The Morgan fingerprint density at radius 2 is 1.22 bits per heavy atom. The van der Waals surface area contributed by atoms with E-state index < -0.39 is 5.41 Å². The number of hydrogen-bond acceptors (Lipinski definition) is 3. The molecule has 1 heterocycles. The second kappa shape index (κ2) is 10.6. The molecule has 3 heteroatoms. The maximum atomic E-state index is 9.18. The van der Waals surface area contributed by atoms with E-state index >= 15 is 0 Å². The van der Waals surface area contributed by atoms with Crippen molar-refractivity contribution in [2.75, 3.05) is 0 Å². The summed E-state index contributed by atoms with van der Waals surface area (Å²) in [6.45, 7) is 0. The van der Waals surface area contributed by atoms with Gasteiger partial charge in [0, 0.05) is 5.56 Å². The zero-order valence-corrected chi connectivity index (χ0v) is 24.6. The molecule has 0 radical (unpaired) electrons. The number of rotatable bonds is 5. The molecule has 2 aliphatic rings. The van der Waals surface area contributed by atoms with E-state index in [9.17, 15) is 5.26 Å². The highest BCUT2D eigenvalue weighted by Gasteiger charge is 2.51. The average Bonchev–Trinajstić information content (AvgIpc) is 3.57. The quantitative estimate of drug-likeness (QED) is 0.208. The molecule has 0 saturated heterocycles. The minimum absolute atomic E-state index is 0.287. The van der Waals surface area contributed by atoms with Crippen LogP contribution in [0.1, 0.15) is 34.4 Å². The third kappa shape index (κ3) is 4.00. The monoisotopic (exact) mass is 575 g/mol. The molecule has 6 aromatic rings. The lowest BCUT2D eigenvalue weighted by Gasteiger charge is -2.31. The normalized spacial score (nSPS) is 13.7. The molecule has 0 atom stereocenters. The number of allylic oxidation sites excluding steroid dienone is 3. The molecule has 2 aliphatic carbocycles. The second-order valence-corrected chi connectivity index (χ2v) is 11.5. The number of pyridine rings is 1. The Balaban J connectivity index is 1.39. The molecule has 45 heavy (non-hydrogen) atoms. The van der Waals surface area contributed by atoms with Crippen molar-refractivity contribution in [2.45, 2.75) is 11.8 Å². The van der Waals surface area contributed by atoms with Gasteiger partial charge in [0.2, 0.25) is 0 Å². The lowest BCUT2D eigenvalue weighted by molar-refractivity contribution is 0.794. The summed E-state index contributed by atoms with van der Waals surface area (Å²) in [7, 11) is 0. The SMILES string of the molecule is N#CC/C=C(\C=C/N)c1cccc(-c2ccc3c(c2)C2(c4ccccc4-c4ccccc42)c2cc(-c4ccccc4)ccc2-3)n1. The predicted molar refractivity (Wildman–Crippen MR) is 183 cm³/mol. The topological polar surface area (TPSA) is 62.7 Å². The number of nitriles is 1. The molecule has 5 aromatic carbocycles. The van der Waals surface area contributed by atoms with Crippen LogP contribution in [0.15, 0.2) is 152 Å². The van der Waals surface area contributed by atoms with Crippen molar-refractivity contribution in [1.29, 1.82) is 5.26 Å². The summed E-state index contributed by atoms with van der Waals surface area (Å²) in [5, 5.41) is 9.18. The van der Waals surface area contributed by atoms with E-state index in [2.05, 4.69) is 127 Å². The zero-order chi connectivity index (χ0) is 30.4. The number of benzene rings is 5. The maximum Gasteiger partial charge on any atom is 0.0725 e. The second-order valence-electron chi connectivity index (χ2n) is 11.5. The van der Waals surface area contributed by atoms with Crippen LogP contribution in [0.5, 0.6) is 0 Å². The summed E-state index contributed by atoms with van der Waals surface area (Å²) in [4.78, 5) is 5.06. The van der Waals surface area contributed by atoms with Gasteiger partial charge in [-0.2, -0.15) is 5.26 Å². The molecule has 0 amide bonds. The van der Waals surface area contributed by atoms with Crippen LogP contribution in [-0.4, -0.2) is 4.98 Å². The Kier molecular flexibility index (Phi) is 6.29. The molecule has 1 aromatic heterocycles. The fraction of sp³-hybridized carbons (Fsp3) is 0.0476. The first-order valence-corrected chi connectivity index (χ1v) is 15.2. The number of nitrogens with zero attached hydrogens (tertiary/aromatic N) is 2. The van der Waals surface area contributed by atoms with Gasteiger partial charge in [-0.15, -0.1) is 0 Å². The molecule has 1 spiro atoms. The molecule has 2 N–H and O–H groups in total. The van der Waals surface area contributed by atoms with Gasteiger partial charge in [0.05, 0.1) is 29.3 Å². The van der Waals surface area contributed by atoms with Gasteiger partial charge in [-0.25, -0.2) is 4.98 Å². The van der Waals surface area contributed by atoms with Crippen molar-refractivity contribution >= 4 is 5.57 Å². The largest absolute Gasteiger partial charge is 0.405 e. The molecule has 212 valence electrons. The van der Waals surface area contributed by atoms with Gasteiger partial charge in [0.1, 0.15) is 0 Å². The van der Waals surface area contributed by atoms with E-state index in [0.717, 1.165) is 22.5 Å². The third-order valence-electron chi connectivity index (χ3n) is 9.23. The lowest BCUT2D eigenvalue weighted by Crippen LogP contribution is -2.26. The molecular weight excluding hydrogens is 546 g/mol. The smallest absolute Gasteiger partial charge is 0.0725 e. The van der Waals surface area contributed by atoms with Crippen molar-refractivity contribution in [3.8, 4) is 50.7 Å². The summed E-state index contributed by atoms with van der Waals surface area (Å²) in [5.74, 6) is 0. The fourth-order valence-electron chi connectivity index (χ4n) is 7.38. The van der Waals surface area contributed by atoms with Crippen molar-refractivity contribution in [3.05, 3.63) is 180 Å². The van der Waals surface area contributed by atoms with Crippen LogP contribution in [0.2, 0.25) is 0 Å². The van der Waals surface area contributed by atoms with E-state index in [1.165, 1.54) is 61.8 Å². The summed E-state index contributed by atoms with van der Waals surface area (Å²) in [6.07, 6.45) is 5.44. The van der Waals surface area contributed by atoms with Gasteiger partial charge in [0.15, 0.2) is 0 Å². The van der Waals surface area contributed by atoms with E-state index in [4.69, 9.17) is 10.7 Å². The molecular formula is C42H29N3. The van der Waals surface area contributed by atoms with Gasteiger partial charge in [-0.05, 0) is 97.7 Å². The highest BCUT2D eigenvalue weighted by molar-refractivity contribution is 5.96. The fourth-order valence-corrected chi connectivity index (χ4v) is 7.38. The number of hydrogen-bond donors (Lipinski definition) is 1. The minimum atomic E-state index is -0.462. The first-order valence-electron chi connectivity index (χ1n) is 15.2. The highest BCUT2D eigenvalue weighted by atomic mass is 14.7. The van der Waals surface area contributed by atoms with Crippen LogP contribution in [0.3, 0.4) is 0 Å². The Hall–Kier alpha value is -5.98. The first-order chi connectivity index (χ1) is 22.2. The van der Waals surface area contributed by atoms with E-state index in [0.29, 0.717) is 0 Å². The molecule has 0 unspecified atom stereocenters. The third-order valence-corrected chi connectivity index (χ3v) is 9.23. The molecule has 0 saturated carbocycles. The van der Waals surface area contributed by atoms with Gasteiger partial charge < -0.3 is 5.73 Å². The van der Waals surface area contributed by atoms with Crippen molar-refractivity contribution in [2.24, 2.45) is 5.73 Å². The standard InChI is InChI=1S/C42H29N3/c43-24-9-12-29(23-25-44)40-17-8-18-41(45-40)31-20-22-35-34-21-19-30(28-10-2-1-3-11-28)26-38(34)42(39(35)27-31)36-15-6-4-13-32(36)33-14-5-7-16-37(33)42/h1-8,10-23,25-27H,9,44H2/b25-23-,29-12+. The van der Waals surface area contributed by atoms with Crippen molar-refractivity contribution in [3.63, 3.8) is 0 Å².